The lowest BCUT2D eigenvalue weighted by Crippen LogP contribution is -2.21. The lowest BCUT2D eigenvalue weighted by Gasteiger charge is -2.14. The van der Waals surface area contributed by atoms with Crippen LogP contribution in [0.1, 0.15) is 6.92 Å². The van der Waals surface area contributed by atoms with Crippen molar-refractivity contribution < 1.29 is 4.74 Å². The number of hydrogen-bond acceptors (Lipinski definition) is 5. The molecule has 0 saturated carbocycles. The second kappa shape index (κ2) is 8.99. The molecule has 1 radical (unpaired) electrons. The summed E-state index contributed by atoms with van der Waals surface area (Å²) in [4.78, 5) is 13.0. The molecule has 0 fully saturated rings. The summed E-state index contributed by atoms with van der Waals surface area (Å²) in [6.45, 7) is 2.55. The van der Waals surface area contributed by atoms with Crippen molar-refractivity contribution in [2.24, 2.45) is 0 Å². The number of methoxy groups -OCH3 is 1. The van der Waals surface area contributed by atoms with E-state index in [2.05, 4.69) is 25.6 Å². The highest BCUT2D eigenvalue weighted by atomic mass is 35.5. The normalized spacial score (nSPS) is 11.9. The first-order valence-electron chi connectivity index (χ1n) is 8.27. The third-order valence-electron chi connectivity index (χ3n) is 3.58. The molecule has 6 nitrogen and oxygen atoms in total. The number of benzene rings is 1. The van der Waals surface area contributed by atoms with Crippen LogP contribution in [0.2, 0.25) is 10.2 Å². The Kier molecular flexibility index (Phi) is 6.45. The smallest absolute Gasteiger partial charge is 0.250 e. The molecule has 27 heavy (non-hydrogen) atoms. The van der Waals surface area contributed by atoms with Crippen LogP contribution in [-0.2, 0) is 4.74 Å². The largest absolute Gasteiger partial charge is 0.383 e. The zero-order chi connectivity index (χ0) is 19.2. The van der Waals surface area contributed by atoms with Gasteiger partial charge in [0.1, 0.15) is 11.0 Å². The van der Waals surface area contributed by atoms with Gasteiger partial charge in [-0.25, -0.2) is 20.3 Å². The van der Waals surface area contributed by atoms with E-state index in [4.69, 9.17) is 27.9 Å². The molecule has 0 amide bonds. The van der Waals surface area contributed by atoms with Gasteiger partial charge in [0.25, 0.3) is 0 Å². The van der Waals surface area contributed by atoms with Crippen LogP contribution in [0.4, 0.5) is 17.5 Å². The van der Waals surface area contributed by atoms with Crippen LogP contribution in [0.25, 0.3) is 11.3 Å². The highest BCUT2D eigenvalue weighted by molar-refractivity contribution is 6.30. The molecule has 139 valence electrons. The molecule has 0 aliphatic heterocycles. The maximum atomic E-state index is 6.18. The minimum atomic E-state index is 0.0904. The predicted octanol–water partition coefficient (Wildman–Crippen LogP) is 4.86. The lowest BCUT2D eigenvalue weighted by molar-refractivity contribution is 0.190. The molecular weight excluding hydrogens is 385 g/mol. The Morgan fingerprint density at radius 1 is 1.15 bits per heavy atom. The highest BCUT2D eigenvalue weighted by Crippen LogP contribution is 2.25. The van der Waals surface area contributed by atoms with Crippen LogP contribution >= 0.6 is 23.2 Å². The fourth-order valence-electron chi connectivity index (χ4n) is 2.49. The van der Waals surface area contributed by atoms with Gasteiger partial charge in [-0.1, -0.05) is 29.3 Å². The fraction of sp³-hybridized carbons (Fsp3) is 0.211. The molecule has 1 unspecified atom stereocenters. The van der Waals surface area contributed by atoms with Crippen molar-refractivity contribution in [2.45, 2.75) is 13.0 Å². The summed E-state index contributed by atoms with van der Waals surface area (Å²) in [5, 5.41) is 8.64. The van der Waals surface area contributed by atoms with Gasteiger partial charge in [0.2, 0.25) is 5.95 Å². The number of nitrogens with zero attached hydrogens (tertiary/aromatic N) is 4. The Hall–Kier alpha value is -2.41. The molecule has 0 aliphatic carbocycles. The molecule has 2 aromatic heterocycles. The minimum Gasteiger partial charge on any atom is -0.383 e. The minimum absolute atomic E-state index is 0.0904. The molecule has 0 aliphatic rings. The van der Waals surface area contributed by atoms with Gasteiger partial charge in [0, 0.05) is 29.9 Å². The number of nitrogens with one attached hydrogen (secondary N) is 1. The van der Waals surface area contributed by atoms with Gasteiger partial charge in [0.15, 0.2) is 0 Å². The van der Waals surface area contributed by atoms with E-state index in [0.29, 0.717) is 39.9 Å². The molecule has 1 atom stereocenters. The number of aromatic nitrogens is 3. The molecular formula is C19H18Cl2N5O. The quantitative estimate of drug-likeness (QED) is 0.571. The third-order valence-corrected chi connectivity index (χ3v) is 4.01. The standard InChI is InChI=1S/C19H18Cl2N5O/c1-12(11-27-2)23-18-9-13(8-17(21)26-18)16-6-7-22-19(25-16)24-15-5-3-4-14(20)10-15/h3-10,12H,11H2,1-2H3,(H,23,26). The number of pyridine rings is 1. The summed E-state index contributed by atoms with van der Waals surface area (Å²) in [5.41, 5.74) is 2.19. The summed E-state index contributed by atoms with van der Waals surface area (Å²) in [6, 6.07) is 12.7. The van der Waals surface area contributed by atoms with Gasteiger partial charge < -0.3 is 10.1 Å². The Bertz CT molecular complexity index is 922. The summed E-state index contributed by atoms with van der Waals surface area (Å²) in [7, 11) is 1.65. The monoisotopic (exact) mass is 402 g/mol. The number of halogens is 2. The van der Waals surface area contributed by atoms with Gasteiger partial charge in [-0.2, -0.15) is 0 Å². The highest BCUT2D eigenvalue weighted by Gasteiger charge is 2.10. The summed E-state index contributed by atoms with van der Waals surface area (Å²) in [6.07, 6.45) is 1.65. The van der Waals surface area contributed by atoms with Gasteiger partial charge >= 0.3 is 0 Å². The maximum absolute atomic E-state index is 6.18. The molecule has 0 bridgehead atoms. The second-order valence-corrected chi connectivity index (χ2v) is 6.72. The van der Waals surface area contributed by atoms with Crippen molar-refractivity contribution in [3.8, 4) is 11.3 Å². The predicted molar refractivity (Wildman–Crippen MR) is 108 cm³/mol. The first-order chi connectivity index (χ1) is 13.0. The summed E-state index contributed by atoms with van der Waals surface area (Å²) >= 11 is 12.2. The third kappa shape index (κ3) is 5.53. The van der Waals surface area contributed by atoms with Gasteiger partial charge in [-0.05, 0) is 43.3 Å². The molecule has 0 saturated heterocycles. The van der Waals surface area contributed by atoms with E-state index in [1.165, 1.54) is 0 Å². The average molecular weight is 403 g/mol. The van der Waals surface area contributed by atoms with Crippen LogP contribution in [0.15, 0.2) is 48.7 Å². The number of hydrogen-bond donors (Lipinski definition) is 1. The van der Waals surface area contributed by atoms with Crippen molar-refractivity contribution in [1.82, 2.24) is 20.3 Å². The second-order valence-electron chi connectivity index (χ2n) is 5.90. The van der Waals surface area contributed by atoms with Crippen LogP contribution in [0.5, 0.6) is 0 Å². The van der Waals surface area contributed by atoms with Crippen molar-refractivity contribution in [3.63, 3.8) is 0 Å². The van der Waals surface area contributed by atoms with Gasteiger partial charge in [0.05, 0.1) is 18.0 Å². The molecule has 2 heterocycles. The Balaban J connectivity index is 1.84. The fourth-order valence-corrected chi connectivity index (χ4v) is 2.88. The maximum Gasteiger partial charge on any atom is 0.250 e. The molecule has 1 aromatic carbocycles. The van der Waals surface area contributed by atoms with Crippen LogP contribution in [0, 0.1) is 0 Å². The summed E-state index contributed by atoms with van der Waals surface area (Å²) in [5.74, 6) is 0.985. The molecule has 0 spiro atoms. The van der Waals surface area contributed by atoms with Gasteiger partial charge in [-0.15, -0.1) is 0 Å². The van der Waals surface area contributed by atoms with E-state index in [1.807, 2.05) is 25.1 Å². The topological polar surface area (TPSA) is 74.0 Å². The van der Waals surface area contributed by atoms with Crippen molar-refractivity contribution >= 4 is 40.7 Å². The molecule has 1 N–H and O–H groups in total. The van der Waals surface area contributed by atoms with E-state index in [1.54, 1.807) is 37.6 Å². The lowest BCUT2D eigenvalue weighted by atomic mass is 10.2. The molecule has 3 aromatic rings. The van der Waals surface area contributed by atoms with Gasteiger partial charge in [-0.3, -0.25) is 0 Å². The first-order valence-corrected chi connectivity index (χ1v) is 9.03. The zero-order valence-corrected chi connectivity index (χ0v) is 16.4. The van der Waals surface area contributed by atoms with Crippen LogP contribution in [-0.4, -0.2) is 34.7 Å². The van der Waals surface area contributed by atoms with E-state index in [0.717, 1.165) is 5.56 Å². The van der Waals surface area contributed by atoms with Crippen molar-refractivity contribution in [1.29, 1.82) is 0 Å². The van der Waals surface area contributed by atoms with E-state index < -0.39 is 0 Å². The molecule has 3 rings (SSSR count). The van der Waals surface area contributed by atoms with Crippen LogP contribution in [0.3, 0.4) is 0 Å². The van der Waals surface area contributed by atoms with E-state index in [9.17, 15) is 0 Å². The van der Waals surface area contributed by atoms with Crippen LogP contribution < -0.4 is 10.6 Å². The SMILES string of the molecule is COCC(C)Nc1cc(-c2ccnc([N]c3cccc(Cl)c3)n2)cc(Cl)n1. The average Bonchev–Trinajstić information content (AvgIpc) is 2.61. The zero-order valence-electron chi connectivity index (χ0n) is 14.9. The molecule has 8 heteroatoms. The van der Waals surface area contributed by atoms with Crippen molar-refractivity contribution in [3.05, 3.63) is 58.8 Å². The Morgan fingerprint density at radius 2 is 2.00 bits per heavy atom. The van der Waals surface area contributed by atoms with E-state index >= 15 is 0 Å². The van der Waals surface area contributed by atoms with Crippen molar-refractivity contribution in [2.75, 3.05) is 19.0 Å². The Labute approximate surface area is 167 Å². The number of anilines is 1. The Morgan fingerprint density at radius 3 is 2.78 bits per heavy atom. The van der Waals surface area contributed by atoms with E-state index in [-0.39, 0.29) is 6.04 Å². The number of ether oxygens (including phenoxy) is 1. The summed E-state index contributed by atoms with van der Waals surface area (Å²) < 4.78 is 5.14. The number of rotatable bonds is 7. The first kappa shape index (κ1) is 19.4.